The minimum Gasteiger partial charge on any atom is -0.466 e. The van der Waals surface area contributed by atoms with E-state index in [0.717, 1.165) is 18.8 Å². The Bertz CT molecular complexity index is 755. The van der Waals surface area contributed by atoms with Crippen LogP contribution in [0.1, 0.15) is 18.2 Å². The molecule has 1 aliphatic heterocycles. The zero-order valence-corrected chi connectivity index (χ0v) is 15.3. The molecule has 7 heteroatoms. The van der Waals surface area contributed by atoms with Gasteiger partial charge in [0.25, 0.3) is 0 Å². The van der Waals surface area contributed by atoms with E-state index in [2.05, 4.69) is 22.0 Å². The molecule has 6 nitrogen and oxygen atoms in total. The fraction of sp³-hybridized carbons (Fsp3) is 0.368. The van der Waals surface area contributed by atoms with Gasteiger partial charge in [0.2, 0.25) is 0 Å². The van der Waals surface area contributed by atoms with Crippen molar-refractivity contribution < 1.29 is 14.6 Å². The molecule has 2 aromatic rings. The highest BCUT2D eigenvalue weighted by Gasteiger charge is 2.29. The van der Waals surface area contributed by atoms with Gasteiger partial charge in [-0.1, -0.05) is 30.3 Å². The molecule has 0 aliphatic carbocycles. The maximum Gasteiger partial charge on any atom is 0.410 e. The number of esters is 1. The van der Waals surface area contributed by atoms with Crippen LogP contribution in [0, 0.1) is 0 Å². The van der Waals surface area contributed by atoms with Crippen molar-refractivity contribution in [3.63, 3.8) is 0 Å². The Morgan fingerprint density at radius 3 is 2.69 bits per heavy atom. The molecule has 0 bridgehead atoms. The molecule has 1 N–H and O–H groups in total. The van der Waals surface area contributed by atoms with Gasteiger partial charge in [0.15, 0.2) is 0 Å². The third kappa shape index (κ3) is 4.16. The standard InChI is InChI=1S/C19H24BN3O3/c1-3-26-18(24)13-16-9-10-17-19(21-16)23(20(2)25)12-11-22(17)14-15-7-5-4-6-8-15/h4-10,25H,3,11-14H2,1-2H3. The van der Waals surface area contributed by atoms with Gasteiger partial charge in [-0.25, -0.2) is 4.98 Å². The SMILES string of the molecule is CCOC(=O)Cc1ccc2c(n1)N(B(C)O)CCN2Cc1ccccc1. The Hall–Kier alpha value is -2.54. The van der Waals surface area contributed by atoms with E-state index in [-0.39, 0.29) is 12.4 Å². The summed E-state index contributed by atoms with van der Waals surface area (Å²) in [5.41, 5.74) is 2.84. The monoisotopic (exact) mass is 353 g/mol. The van der Waals surface area contributed by atoms with Crippen LogP contribution in [-0.4, -0.2) is 42.7 Å². The molecule has 136 valence electrons. The molecule has 0 radical (unpaired) electrons. The van der Waals surface area contributed by atoms with Crippen molar-refractivity contribution >= 4 is 24.5 Å². The van der Waals surface area contributed by atoms with E-state index in [4.69, 9.17) is 4.74 Å². The van der Waals surface area contributed by atoms with E-state index in [0.29, 0.717) is 24.7 Å². The van der Waals surface area contributed by atoms with Crippen molar-refractivity contribution in [3.8, 4) is 0 Å². The Morgan fingerprint density at radius 1 is 1.23 bits per heavy atom. The van der Waals surface area contributed by atoms with Crippen molar-refractivity contribution in [3.05, 3.63) is 53.7 Å². The van der Waals surface area contributed by atoms with Gasteiger partial charge in [-0.2, -0.15) is 0 Å². The van der Waals surface area contributed by atoms with Crippen molar-refractivity contribution in [1.82, 2.24) is 4.98 Å². The molecule has 1 aromatic heterocycles. The summed E-state index contributed by atoms with van der Waals surface area (Å²) in [6.07, 6.45) is 0.132. The Balaban J connectivity index is 1.88. The molecule has 1 aromatic carbocycles. The van der Waals surface area contributed by atoms with Crippen LogP contribution in [0.15, 0.2) is 42.5 Å². The minimum absolute atomic E-state index is 0.132. The maximum atomic E-state index is 11.8. The summed E-state index contributed by atoms with van der Waals surface area (Å²) < 4.78 is 5.01. The Morgan fingerprint density at radius 2 is 2.00 bits per heavy atom. The molecule has 0 spiro atoms. The topological polar surface area (TPSA) is 65.9 Å². The first-order chi connectivity index (χ1) is 12.6. The summed E-state index contributed by atoms with van der Waals surface area (Å²) in [7, 11) is -0.641. The van der Waals surface area contributed by atoms with Crippen molar-refractivity contribution in [2.24, 2.45) is 0 Å². The number of hydrogen-bond acceptors (Lipinski definition) is 6. The zero-order chi connectivity index (χ0) is 18.5. The number of anilines is 2. The summed E-state index contributed by atoms with van der Waals surface area (Å²) in [6, 6.07) is 14.1. The number of hydrogen-bond donors (Lipinski definition) is 1. The lowest BCUT2D eigenvalue weighted by Crippen LogP contribution is -2.47. The Labute approximate surface area is 154 Å². The highest BCUT2D eigenvalue weighted by Crippen LogP contribution is 2.33. The van der Waals surface area contributed by atoms with Crippen LogP contribution in [-0.2, 0) is 22.5 Å². The van der Waals surface area contributed by atoms with Gasteiger partial charge in [-0.3, -0.25) is 4.79 Å². The Kier molecular flexibility index (Phi) is 5.78. The molecule has 26 heavy (non-hydrogen) atoms. The third-order valence-corrected chi connectivity index (χ3v) is 4.43. The summed E-state index contributed by atoms with van der Waals surface area (Å²) in [5, 5.41) is 10.1. The van der Waals surface area contributed by atoms with Crippen LogP contribution in [0.3, 0.4) is 0 Å². The van der Waals surface area contributed by atoms with Crippen molar-refractivity contribution in [2.45, 2.75) is 26.7 Å². The summed E-state index contributed by atoms with van der Waals surface area (Å²) >= 11 is 0. The van der Waals surface area contributed by atoms with Gasteiger partial charge in [-0.15, -0.1) is 0 Å². The van der Waals surface area contributed by atoms with E-state index >= 15 is 0 Å². The van der Waals surface area contributed by atoms with E-state index in [1.165, 1.54) is 5.56 Å². The number of nitrogens with zero attached hydrogens (tertiary/aromatic N) is 3. The molecular formula is C19H24BN3O3. The molecule has 0 saturated heterocycles. The molecule has 0 fully saturated rings. The summed E-state index contributed by atoms with van der Waals surface area (Å²) in [4.78, 5) is 20.5. The lowest BCUT2D eigenvalue weighted by molar-refractivity contribution is -0.142. The van der Waals surface area contributed by atoms with Gasteiger partial charge in [0.05, 0.1) is 24.4 Å². The first-order valence-electron chi connectivity index (χ1n) is 8.97. The molecular weight excluding hydrogens is 329 g/mol. The number of aromatic nitrogens is 1. The molecule has 0 unspecified atom stereocenters. The molecule has 2 heterocycles. The fourth-order valence-electron chi connectivity index (χ4n) is 3.18. The van der Waals surface area contributed by atoms with Gasteiger partial charge in [0, 0.05) is 19.6 Å². The van der Waals surface area contributed by atoms with Crippen LogP contribution in [0.2, 0.25) is 6.82 Å². The summed E-state index contributed by atoms with van der Waals surface area (Å²) in [5.74, 6) is 0.421. The second-order valence-electron chi connectivity index (χ2n) is 6.36. The summed E-state index contributed by atoms with van der Waals surface area (Å²) in [6.45, 7) is 6.12. The average Bonchev–Trinajstić information content (AvgIpc) is 2.62. The largest absolute Gasteiger partial charge is 0.466 e. The van der Waals surface area contributed by atoms with Gasteiger partial charge in [0.1, 0.15) is 5.82 Å². The molecule has 3 rings (SSSR count). The maximum absolute atomic E-state index is 11.8. The normalized spacial score (nSPS) is 13.3. The molecule has 1 aliphatic rings. The smallest absolute Gasteiger partial charge is 0.410 e. The molecule has 0 atom stereocenters. The van der Waals surface area contributed by atoms with Crippen LogP contribution < -0.4 is 9.71 Å². The first-order valence-corrected chi connectivity index (χ1v) is 8.97. The number of rotatable bonds is 6. The second-order valence-corrected chi connectivity index (χ2v) is 6.36. The number of pyridine rings is 1. The average molecular weight is 353 g/mol. The number of fused-ring (bicyclic) bond motifs is 1. The van der Waals surface area contributed by atoms with Crippen LogP contribution in [0.25, 0.3) is 0 Å². The number of benzene rings is 1. The highest BCUT2D eigenvalue weighted by molar-refractivity contribution is 6.54. The lowest BCUT2D eigenvalue weighted by Gasteiger charge is -2.39. The lowest BCUT2D eigenvalue weighted by atomic mass is 9.84. The van der Waals surface area contributed by atoms with Crippen molar-refractivity contribution in [2.75, 3.05) is 29.4 Å². The van der Waals surface area contributed by atoms with Crippen molar-refractivity contribution in [1.29, 1.82) is 0 Å². The van der Waals surface area contributed by atoms with Gasteiger partial charge >= 0.3 is 13.0 Å². The number of carbonyl (C=O) groups excluding carboxylic acids is 1. The fourth-order valence-corrected chi connectivity index (χ4v) is 3.18. The second kappa shape index (κ2) is 8.23. The predicted octanol–water partition coefficient (Wildman–Crippen LogP) is 2.12. The number of carbonyl (C=O) groups is 1. The first kappa shape index (κ1) is 18.3. The zero-order valence-electron chi connectivity index (χ0n) is 15.3. The third-order valence-electron chi connectivity index (χ3n) is 4.43. The van der Waals surface area contributed by atoms with Gasteiger partial charge in [-0.05, 0) is 31.4 Å². The molecule has 0 amide bonds. The predicted molar refractivity (Wildman–Crippen MR) is 103 cm³/mol. The number of ether oxygens (including phenoxy) is 1. The van der Waals surface area contributed by atoms with E-state index in [1.54, 1.807) is 13.7 Å². The van der Waals surface area contributed by atoms with Crippen LogP contribution >= 0.6 is 0 Å². The van der Waals surface area contributed by atoms with Crippen LogP contribution in [0.5, 0.6) is 0 Å². The van der Waals surface area contributed by atoms with E-state index in [9.17, 15) is 9.82 Å². The minimum atomic E-state index is -0.641. The van der Waals surface area contributed by atoms with E-state index in [1.807, 2.05) is 35.1 Å². The molecule has 0 saturated carbocycles. The highest BCUT2D eigenvalue weighted by atomic mass is 16.5. The van der Waals surface area contributed by atoms with E-state index < -0.39 is 7.05 Å². The van der Waals surface area contributed by atoms with Crippen LogP contribution in [0.4, 0.5) is 11.5 Å². The van der Waals surface area contributed by atoms with Gasteiger partial charge < -0.3 is 19.5 Å². The quantitative estimate of drug-likeness (QED) is 0.634.